The zero-order valence-corrected chi connectivity index (χ0v) is 84.6. The van der Waals surface area contributed by atoms with Gasteiger partial charge < -0.3 is 131 Å². The highest BCUT2D eigenvalue weighted by molar-refractivity contribution is 5.86. The predicted molar refractivity (Wildman–Crippen MR) is 458 cm³/mol. The minimum Gasteiger partial charge on any atom is -0.550 e. The van der Waals surface area contributed by atoms with Gasteiger partial charge in [0.2, 0.25) is 0 Å². The Bertz CT molecular complexity index is 2800. The largest absolute Gasteiger partial charge is 0.550 e. The fraction of sp³-hybridized carbons (Fsp3) is 0.933. The van der Waals surface area contributed by atoms with Crippen molar-refractivity contribution >= 4 is 35.8 Å². The highest BCUT2D eigenvalue weighted by atomic mass is 16.7. The van der Waals surface area contributed by atoms with Crippen molar-refractivity contribution in [2.75, 3.05) is 39.6 Å². The smallest absolute Gasteiger partial charge is 0.134 e. The molecule has 760 valence electrons. The van der Waals surface area contributed by atoms with Crippen LogP contribution in [0.25, 0.3) is 0 Å². The third-order valence-corrected chi connectivity index (χ3v) is 22.3. The number of aliphatic hydroxyl groups excluding tert-OH is 6. The van der Waals surface area contributed by atoms with Gasteiger partial charge in [0.15, 0.2) is 0 Å². The van der Waals surface area contributed by atoms with Crippen molar-refractivity contribution in [1.82, 2.24) is 0 Å². The second-order valence-electron chi connectivity index (χ2n) is 48.4. The van der Waals surface area contributed by atoms with Gasteiger partial charge in [0, 0.05) is 127 Å². The first kappa shape index (κ1) is 126. The van der Waals surface area contributed by atoms with Gasteiger partial charge in [-0.1, -0.05) is 0 Å². The van der Waals surface area contributed by atoms with Crippen LogP contribution in [0.15, 0.2) is 0 Å². The number of rotatable bonds is 28. The van der Waals surface area contributed by atoms with E-state index in [1.54, 1.807) is 83.1 Å². The summed E-state index contributed by atoms with van der Waals surface area (Å²) in [6, 6.07) is 0. The van der Waals surface area contributed by atoms with Gasteiger partial charge in [-0.05, 0) is 249 Å². The summed E-state index contributed by atoms with van der Waals surface area (Å²) in [6.45, 7) is 72.9. The Balaban J connectivity index is 0. The standard InChI is InChI=1S/6C13H27NO3.2C6H8O7/c6*1-11(2)7-10(15)8-12(3,4)14(11)17-9-13(5,6)16;2*7-3(8)1-6(13,5(11)12)2-4(9)10/h6*10,15-16H,7-9H2,1-6H3;2*13H,1-2H2,(H,7,8)(H,9,10)(H,11,12). The number of piperidine rings is 6. The lowest BCUT2D eigenvalue weighted by atomic mass is 9.80. The normalized spacial score (nSPS) is 28.1. The maximum absolute atomic E-state index is 10.1. The topological polar surface area (TPSA) is 606 Å². The predicted octanol–water partition coefficient (Wildman–Crippen LogP) is -8.79. The molecule has 38 heteroatoms. The molecule has 0 aromatic rings. The monoisotopic (exact) mass is 1860 g/mol. The van der Waals surface area contributed by atoms with Gasteiger partial charge in [-0.15, -0.1) is 0 Å². The van der Waals surface area contributed by atoms with Crippen molar-refractivity contribution in [3.8, 4) is 0 Å². The number of aliphatic carboxylic acids is 6. The first-order chi connectivity index (χ1) is 56.2. The van der Waals surface area contributed by atoms with Crippen LogP contribution in [0.4, 0.5) is 0 Å². The van der Waals surface area contributed by atoms with E-state index < -0.39 is 106 Å². The van der Waals surface area contributed by atoms with Crippen LogP contribution >= 0.6 is 0 Å². The summed E-state index contributed by atoms with van der Waals surface area (Å²) < 4.78 is 0. The number of nitrogens with one attached hydrogen (secondary N) is 6. The third kappa shape index (κ3) is 46.3. The molecule has 0 saturated carbocycles. The lowest BCUT2D eigenvalue weighted by molar-refractivity contribution is -1.17. The molecule has 0 aromatic heterocycles. The van der Waals surface area contributed by atoms with E-state index in [0.29, 0.717) is 39.6 Å². The highest BCUT2D eigenvalue weighted by Crippen LogP contribution is 2.31. The second kappa shape index (κ2) is 46.5. The number of quaternary nitrogens is 6. The van der Waals surface area contributed by atoms with Gasteiger partial charge >= 0.3 is 0 Å². The van der Waals surface area contributed by atoms with E-state index in [4.69, 9.17) is 39.2 Å². The minimum atomic E-state index is -2.97. The molecule has 0 atom stereocenters. The Morgan fingerprint density at radius 3 is 0.375 bits per heavy atom. The van der Waals surface area contributed by atoms with E-state index in [2.05, 4.69) is 166 Å². The first-order valence-corrected chi connectivity index (χ1v) is 44.3. The minimum absolute atomic E-state index is 0.146. The molecule has 0 amide bonds. The second-order valence-corrected chi connectivity index (χ2v) is 48.4. The Labute approximate surface area is 762 Å². The molecule has 6 heterocycles. The van der Waals surface area contributed by atoms with Crippen LogP contribution in [0.5, 0.6) is 0 Å². The molecule has 6 rings (SSSR count). The van der Waals surface area contributed by atoms with E-state index in [1.807, 2.05) is 0 Å². The van der Waals surface area contributed by atoms with Crippen LogP contribution in [0.3, 0.4) is 0 Å². The molecule has 6 aliphatic heterocycles. The van der Waals surface area contributed by atoms with Gasteiger partial charge in [-0.2, -0.15) is 30.4 Å². The summed E-state index contributed by atoms with van der Waals surface area (Å²) in [5.74, 6) is -12.0. The summed E-state index contributed by atoms with van der Waals surface area (Å²) in [5.41, 5.74) is -12.7. The summed E-state index contributed by atoms with van der Waals surface area (Å²) >= 11 is 0. The molecule has 0 aromatic carbocycles. The van der Waals surface area contributed by atoms with Crippen molar-refractivity contribution < 1.29 is 190 Å². The zero-order chi connectivity index (χ0) is 102. The molecule has 128 heavy (non-hydrogen) atoms. The fourth-order valence-electron chi connectivity index (χ4n) is 19.3. The number of carboxylic acid groups (broad SMARTS) is 6. The fourth-order valence-corrected chi connectivity index (χ4v) is 19.3. The molecule has 38 nitrogen and oxygen atoms in total. The number of hydrogen-bond acceptors (Lipinski definition) is 32. The van der Waals surface area contributed by atoms with E-state index in [1.165, 1.54) is 0 Å². The summed E-state index contributed by atoms with van der Waals surface area (Å²) in [6.07, 6.45) is 1.59. The summed E-state index contributed by atoms with van der Waals surface area (Å²) in [5, 5.41) is 202. The molecule has 6 fully saturated rings. The van der Waals surface area contributed by atoms with Gasteiger partial charge in [0.1, 0.15) is 117 Å². The third-order valence-electron chi connectivity index (χ3n) is 22.3. The Morgan fingerprint density at radius 1 is 0.227 bits per heavy atom. The van der Waals surface area contributed by atoms with Crippen LogP contribution < -0.4 is 61.0 Å². The number of carbonyl (C=O) groups is 6. The summed E-state index contributed by atoms with van der Waals surface area (Å²) in [4.78, 5) is 95.3. The quantitative estimate of drug-likeness (QED) is 0.0346. The number of carbonyl (C=O) groups excluding carboxylic acids is 6. The molecule has 0 spiro atoms. The number of aliphatic hydroxyl groups is 14. The average Bonchev–Trinajstić information content (AvgIpc) is 0.798. The van der Waals surface area contributed by atoms with E-state index >= 15 is 0 Å². The molecule has 20 N–H and O–H groups in total. The van der Waals surface area contributed by atoms with E-state index in [9.17, 15) is 121 Å². The SMILES string of the molecule is CC(C)(O)CO[NH+]1C(C)(C)CC(O)CC1(C)C.CC(C)(O)CO[NH+]1C(C)(C)CC(O)CC1(C)C.CC(C)(O)CO[NH+]1C(C)(C)CC(O)CC1(C)C.CC(C)(O)CO[NH+]1C(C)(C)CC(O)CC1(C)C.CC(C)(O)CO[NH+]1C(C)(C)CC(O)CC1(C)C.CC(C)(O)CO[NH+]1C(C)(C)CC(O)CC1(C)C.O=C([O-])CC(O)(CC(=O)[O-])C(=O)[O-].O=C([O-])CC(O)(CC(=O)[O-])C(=O)[O-]. The van der Waals surface area contributed by atoms with Gasteiger partial charge in [0.05, 0.1) is 82.2 Å². The van der Waals surface area contributed by atoms with E-state index in [0.717, 1.165) is 107 Å². The molecule has 0 bridgehead atoms. The molecule has 6 saturated heterocycles. The maximum atomic E-state index is 10.1. The van der Waals surface area contributed by atoms with Crippen molar-refractivity contribution in [3.05, 3.63) is 0 Å². The molecule has 0 unspecified atom stereocenters. The van der Waals surface area contributed by atoms with Gasteiger partial charge in [-0.3, -0.25) is 0 Å². The zero-order valence-electron chi connectivity index (χ0n) is 84.6. The van der Waals surface area contributed by atoms with Crippen LogP contribution in [0.2, 0.25) is 0 Å². The molecular weight excluding hydrogens is 1680 g/mol. The van der Waals surface area contributed by atoms with Crippen LogP contribution in [-0.2, 0) is 57.8 Å². The number of carboxylic acids is 6. The molecule has 0 radical (unpaired) electrons. The highest BCUT2D eigenvalue weighted by Gasteiger charge is 2.57. The van der Waals surface area contributed by atoms with Crippen molar-refractivity contribution in [1.29, 1.82) is 0 Å². The van der Waals surface area contributed by atoms with Crippen LogP contribution in [0, 0.1) is 0 Å². The maximum Gasteiger partial charge on any atom is 0.134 e. The summed E-state index contributed by atoms with van der Waals surface area (Å²) in [7, 11) is 0. The lowest BCUT2D eigenvalue weighted by Gasteiger charge is -2.48. The molecular formula is C90H178N6O32. The Kier molecular flexibility index (Phi) is 45.8. The van der Waals surface area contributed by atoms with Crippen molar-refractivity contribution in [3.63, 3.8) is 0 Å². The van der Waals surface area contributed by atoms with Crippen molar-refractivity contribution in [2.24, 2.45) is 0 Å². The Morgan fingerprint density at radius 2 is 0.312 bits per heavy atom. The average molecular weight is 1860 g/mol. The lowest BCUT2D eigenvalue weighted by Crippen LogP contribution is -3.26. The molecule has 6 aliphatic rings. The number of hydroxylamine groups is 12. The van der Waals surface area contributed by atoms with Crippen LogP contribution in [-0.4, -0.2) is 295 Å². The van der Waals surface area contributed by atoms with E-state index in [-0.39, 0.29) is 103 Å². The Hall–Kier alpha value is -4.22. The van der Waals surface area contributed by atoms with Gasteiger partial charge in [0.25, 0.3) is 0 Å². The van der Waals surface area contributed by atoms with Gasteiger partial charge in [-0.25, -0.2) is 29.0 Å². The number of hydrogen-bond donors (Lipinski definition) is 20. The van der Waals surface area contributed by atoms with Crippen LogP contribution in [0.1, 0.15) is 352 Å². The first-order valence-electron chi connectivity index (χ1n) is 44.3. The molecule has 0 aliphatic carbocycles. The van der Waals surface area contributed by atoms with Crippen molar-refractivity contribution in [2.45, 2.75) is 500 Å².